The molecular weight excluding hydrogens is 332 g/mol. The Balaban J connectivity index is 2.10. The first kappa shape index (κ1) is 20.7. The average molecular weight is 364 g/mol. The molecule has 0 aliphatic carbocycles. The molecule has 2 rings (SSSR count). The summed E-state index contributed by atoms with van der Waals surface area (Å²) in [5, 5.41) is 0. The van der Waals surface area contributed by atoms with E-state index in [4.69, 9.17) is 23.7 Å². The van der Waals surface area contributed by atoms with Crippen LogP contribution in [0.2, 0.25) is 0 Å². The maximum Gasteiger partial charge on any atom is 0.188 e. The molecule has 1 saturated heterocycles. The molecule has 1 aliphatic rings. The van der Waals surface area contributed by atoms with Gasteiger partial charge in [0.2, 0.25) is 0 Å². The number of hydrogen-bond donors (Lipinski definition) is 0. The van der Waals surface area contributed by atoms with Crippen LogP contribution in [0, 0.1) is 0 Å². The largest absolute Gasteiger partial charge is 0.493 e. The summed E-state index contributed by atoms with van der Waals surface area (Å²) in [5.41, 5.74) is 3.53. The molecule has 1 aliphatic heterocycles. The monoisotopic (exact) mass is 364 g/mol. The van der Waals surface area contributed by atoms with Gasteiger partial charge < -0.3 is 23.7 Å². The van der Waals surface area contributed by atoms with Gasteiger partial charge in [-0.1, -0.05) is 11.6 Å². The van der Waals surface area contributed by atoms with E-state index in [1.54, 1.807) is 21.3 Å². The summed E-state index contributed by atoms with van der Waals surface area (Å²) in [5.74, 6) is 1.43. The third-order valence-corrected chi connectivity index (χ3v) is 4.68. The predicted octanol–water partition coefficient (Wildman–Crippen LogP) is 4.27. The molecule has 0 aromatic heterocycles. The van der Waals surface area contributed by atoms with Crippen molar-refractivity contribution in [2.45, 2.75) is 58.3 Å². The van der Waals surface area contributed by atoms with Crippen LogP contribution in [0.4, 0.5) is 0 Å². The van der Waals surface area contributed by atoms with Crippen molar-refractivity contribution >= 4 is 0 Å². The lowest BCUT2D eigenvalue weighted by Gasteiger charge is -2.16. The number of ether oxygens (including phenoxy) is 5. The second kappa shape index (κ2) is 9.40. The topological polar surface area (TPSA) is 49.5 Å². The smallest absolute Gasteiger partial charge is 0.188 e. The van der Waals surface area contributed by atoms with E-state index in [0.29, 0.717) is 18.5 Å². The first-order valence-electron chi connectivity index (χ1n) is 9.05. The second-order valence-corrected chi connectivity index (χ2v) is 7.27. The lowest BCUT2D eigenvalue weighted by Crippen LogP contribution is -2.05. The van der Waals surface area contributed by atoms with Gasteiger partial charge in [-0.05, 0) is 57.7 Å². The van der Waals surface area contributed by atoms with Crippen LogP contribution in [0.1, 0.15) is 44.7 Å². The number of epoxide rings is 1. The van der Waals surface area contributed by atoms with Crippen LogP contribution in [0.25, 0.3) is 0 Å². The summed E-state index contributed by atoms with van der Waals surface area (Å²) in [7, 11) is 4.94. The van der Waals surface area contributed by atoms with Gasteiger partial charge in [-0.15, -0.1) is 0 Å². The molecule has 146 valence electrons. The number of benzene rings is 1. The molecule has 1 aromatic carbocycles. The zero-order valence-corrected chi connectivity index (χ0v) is 16.9. The van der Waals surface area contributed by atoms with E-state index < -0.39 is 0 Å². The number of allylic oxidation sites excluding steroid dienone is 2. The van der Waals surface area contributed by atoms with Crippen molar-refractivity contribution in [3.63, 3.8) is 0 Å². The molecule has 0 unspecified atom stereocenters. The maximum absolute atomic E-state index is 5.77. The summed E-state index contributed by atoms with van der Waals surface area (Å²) in [6, 6.07) is 4.05. The van der Waals surface area contributed by atoms with E-state index in [-0.39, 0.29) is 12.4 Å². The molecule has 1 aromatic rings. The molecule has 5 nitrogen and oxygen atoms in total. The molecule has 0 bridgehead atoms. The van der Waals surface area contributed by atoms with Crippen LogP contribution in [0.3, 0.4) is 0 Å². The minimum atomic E-state index is 0.0588. The molecular formula is C21H32O5. The SMILES string of the molecule is COCOc1c(C/C=C(\C)CC[C@H]2OC2(C)C)cc(COC)cc1OC. The minimum absolute atomic E-state index is 0.0588. The van der Waals surface area contributed by atoms with Crippen molar-refractivity contribution in [3.05, 3.63) is 34.9 Å². The van der Waals surface area contributed by atoms with Crippen LogP contribution < -0.4 is 9.47 Å². The van der Waals surface area contributed by atoms with Crippen molar-refractivity contribution < 1.29 is 23.7 Å². The van der Waals surface area contributed by atoms with E-state index in [0.717, 1.165) is 36.1 Å². The van der Waals surface area contributed by atoms with Gasteiger partial charge in [0.15, 0.2) is 18.3 Å². The Hall–Kier alpha value is -1.56. The number of methoxy groups -OCH3 is 3. The summed E-state index contributed by atoms with van der Waals surface area (Å²) in [6.07, 6.45) is 5.51. The lowest BCUT2D eigenvalue weighted by molar-refractivity contribution is 0.0484. The summed E-state index contributed by atoms with van der Waals surface area (Å²) in [4.78, 5) is 0. The summed E-state index contributed by atoms with van der Waals surface area (Å²) < 4.78 is 27.3. The van der Waals surface area contributed by atoms with Crippen molar-refractivity contribution in [1.82, 2.24) is 0 Å². The first-order valence-corrected chi connectivity index (χ1v) is 9.05. The Kier molecular flexibility index (Phi) is 7.50. The van der Waals surface area contributed by atoms with Crippen LogP contribution >= 0.6 is 0 Å². The Bertz CT molecular complexity index is 621. The molecule has 1 fully saturated rings. The van der Waals surface area contributed by atoms with Crippen LogP contribution in [-0.4, -0.2) is 39.8 Å². The van der Waals surface area contributed by atoms with Gasteiger partial charge in [0.25, 0.3) is 0 Å². The van der Waals surface area contributed by atoms with Gasteiger partial charge in [-0.25, -0.2) is 0 Å². The second-order valence-electron chi connectivity index (χ2n) is 7.27. The van der Waals surface area contributed by atoms with Crippen LogP contribution in [-0.2, 0) is 27.2 Å². The van der Waals surface area contributed by atoms with Crippen molar-refractivity contribution in [2.24, 2.45) is 0 Å². The third kappa shape index (κ3) is 5.73. The standard InChI is InChI=1S/C21H32O5/c1-15(8-10-19-21(2,3)26-19)7-9-17-11-16(13-22-4)12-18(24-6)20(17)25-14-23-5/h7,11-12,19H,8-10,13-14H2,1-6H3/b15-7+/t19-/m1/s1. The highest BCUT2D eigenvalue weighted by atomic mass is 16.7. The normalized spacial score (nSPS) is 18.7. The van der Waals surface area contributed by atoms with E-state index in [2.05, 4.69) is 32.9 Å². The van der Waals surface area contributed by atoms with Crippen molar-refractivity contribution in [3.8, 4) is 11.5 Å². The van der Waals surface area contributed by atoms with Gasteiger partial charge in [-0.3, -0.25) is 0 Å². The molecule has 1 heterocycles. The fourth-order valence-corrected chi connectivity index (χ4v) is 3.04. The third-order valence-electron chi connectivity index (χ3n) is 4.68. The van der Waals surface area contributed by atoms with Gasteiger partial charge in [0, 0.05) is 19.8 Å². The highest BCUT2D eigenvalue weighted by molar-refractivity contribution is 5.50. The van der Waals surface area contributed by atoms with Gasteiger partial charge in [-0.2, -0.15) is 0 Å². The van der Waals surface area contributed by atoms with Gasteiger partial charge in [0.1, 0.15) is 0 Å². The summed E-state index contributed by atoms with van der Waals surface area (Å²) >= 11 is 0. The van der Waals surface area contributed by atoms with E-state index >= 15 is 0 Å². The maximum atomic E-state index is 5.77. The van der Waals surface area contributed by atoms with Crippen LogP contribution in [0.15, 0.2) is 23.8 Å². The quantitative estimate of drug-likeness (QED) is 0.333. The fraction of sp³-hybridized carbons (Fsp3) is 0.619. The van der Waals surface area contributed by atoms with E-state index in [1.807, 2.05) is 6.07 Å². The first-order chi connectivity index (χ1) is 12.4. The molecule has 26 heavy (non-hydrogen) atoms. The minimum Gasteiger partial charge on any atom is -0.493 e. The molecule has 0 radical (unpaired) electrons. The highest BCUT2D eigenvalue weighted by Crippen LogP contribution is 2.39. The molecule has 0 spiro atoms. The number of rotatable bonds is 11. The molecule has 5 heteroatoms. The molecule has 1 atom stereocenters. The van der Waals surface area contributed by atoms with Gasteiger partial charge >= 0.3 is 0 Å². The number of hydrogen-bond acceptors (Lipinski definition) is 5. The van der Waals surface area contributed by atoms with Crippen molar-refractivity contribution in [2.75, 3.05) is 28.1 Å². The Morgan fingerprint density at radius 3 is 2.50 bits per heavy atom. The van der Waals surface area contributed by atoms with Crippen LogP contribution in [0.5, 0.6) is 11.5 Å². The molecule has 0 amide bonds. The Morgan fingerprint density at radius 1 is 1.19 bits per heavy atom. The van der Waals surface area contributed by atoms with E-state index in [1.165, 1.54) is 5.57 Å². The Labute approximate surface area is 157 Å². The van der Waals surface area contributed by atoms with Gasteiger partial charge in [0.05, 0.1) is 25.4 Å². The predicted molar refractivity (Wildman–Crippen MR) is 102 cm³/mol. The highest BCUT2D eigenvalue weighted by Gasteiger charge is 2.46. The van der Waals surface area contributed by atoms with E-state index in [9.17, 15) is 0 Å². The summed E-state index contributed by atoms with van der Waals surface area (Å²) in [6.45, 7) is 7.17. The molecule has 0 saturated carbocycles. The lowest BCUT2D eigenvalue weighted by atomic mass is 10.0. The zero-order chi connectivity index (χ0) is 19.2. The average Bonchev–Trinajstić information content (AvgIpc) is 3.23. The zero-order valence-electron chi connectivity index (χ0n) is 16.9. The van der Waals surface area contributed by atoms with Crippen molar-refractivity contribution in [1.29, 1.82) is 0 Å². The Morgan fingerprint density at radius 2 is 1.92 bits per heavy atom. The molecule has 0 N–H and O–H groups in total. The fourth-order valence-electron chi connectivity index (χ4n) is 3.04.